The summed E-state index contributed by atoms with van der Waals surface area (Å²) < 4.78 is 27.1. The number of nitrogens with zero attached hydrogens (tertiary/aromatic N) is 1. The summed E-state index contributed by atoms with van der Waals surface area (Å²) in [4.78, 5) is 12.5. The van der Waals surface area contributed by atoms with Crippen molar-refractivity contribution in [1.29, 1.82) is 0 Å². The van der Waals surface area contributed by atoms with E-state index < -0.39 is 10.0 Å². The van der Waals surface area contributed by atoms with Crippen molar-refractivity contribution in [3.63, 3.8) is 0 Å². The topological polar surface area (TPSA) is 66.5 Å². The molecule has 1 N–H and O–H groups in total. The highest BCUT2D eigenvalue weighted by Gasteiger charge is 2.31. The molecule has 1 heterocycles. The van der Waals surface area contributed by atoms with Crippen LogP contribution in [0, 0.1) is 0 Å². The molecule has 1 atom stereocenters. The first-order valence-corrected chi connectivity index (χ1v) is 9.89. The van der Waals surface area contributed by atoms with Gasteiger partial charge in [0.05, 0.1) is 10.6 Å². The Morgan fingerprint density at radius 3 is 2.60 bits per heavy atom. The highest BCUT2D eigenvalue weighted by atomic mass is 32.2. The van der Waals surface area contributed by atoms with Crippen LogP contribution < -0.4 is 9.62 Å². The van der Waals surface area contributed by atoms with E-state index in [-0.39, 0.29) is 16.8 Å². The van der Waals surface area contributed by atoms with Crippen LogP contribution in [0.25, 0.3) is 0 Å². The maximum absolute atomic E-state index is 12.8. The second-order valence-electron chi connectivity index (χ2n) is 6.27. The first kappa shape index (κ1) is 17.5. The minimum atomic E-state index is -3.58. The molecule has 25 heavy (non-hydrogen) atoms. The minimum absolute atomic E-state index is 0.107. The summed E-state index contributed by atoms with van der Waals surface area (Å²) in [5.74, 6) is -0.124. The summed E-state index contributed by atoms with van der Waals surface area (Å²) in [6.45, 7) is 4.36. The van der Waals surface area contributed by atoms with Crippen molar-refractivity contribution < 1.29 is 13.2 Å². The van der Waals surface area contributed by atoms with E-state index >= 15 is 0 Å². The smallest absolute Gasteiger partial charge is 0.264 e. The normalized spacial score (nSPS) is 14.9. The second-order valence-corrected chi connectivity index (χ2v) is 8.13. The van der Waals surface area contributed by atoms with Gasteiger partial charge >= 0.3 is 0 Å². The molecule has 0 unspecified atom stereocenters. The molecule has 2 aromatic rings. The van der Waals surface area contributed by atoms with Crippen molar-refractivity contribution in [2.75, 3.05) is 10.8 Å². The Labute approximate surface area is 148 Å². The molecule has 0 aliphatic carbocycles. The summed E-state index contributed by atoms with van der Waals surface area (Å²) in [6.07, 6.45) is 1.46. The van der Waals surface area contributed by atoms with Crippen molar-refractivity contribution >= 4 is 21.6 Å². The summed E-state index contributed by atoms with van der Waals surface area (Å²) >= 11 is 0. The molecule has 5 nitrogen and oxygen atoms in total. The molecule has 0 bridgehead atoms. The van der Waals surface area contributed by atoms with Gasteiger partial charge in [-0.1, -0.05) is 25.1 Å². The predicted octanol–water partition coefficient (Wildman–Crippen LogP) is 2.97. The van der Waals surface area contributed by atoms with Crippen molar-refractivity contribution in [3.8, 4) is 0 Å². The highest BCUT2D eigenvalue weighted by molar-refractivity contribution is 7.92. The molecule has 6 heteroatoms. The fourth-order valence-electron chi connectivity index (χ4n) is 2.89. The van der Waals surface area contributed by atoms with Gasteiger partial charge in [0, 0.05) is 18.2 Å². The lowest BCUT2D eigenvalue weighted by Crippen LogP contribution is -2.32. The number of fused-ring (bicyclic) bond motifs is 1. The lowest BCUT2D eigenvalue weighted by Gasteiger charge is -2.20. The Kier molecular flexibility index (Phi) is 4.81. The SMILES string of the molecule is CC[C@@H](C)NC(=O)c1ccc2c(c1)CCN2S(=O)(=O)c1ccccc1. The molecular formula is C19H22N2O3S. The van der Waals surface area contributed by atoms with Gasteiger partial charge in [-0.2, -0.15) is 0 Å². The standard InChI is InChI=1S/C19H22N2O3S/c1-3-14(2)20-19(22)16-9-10-18-15(13-16)11-12-21(18)25(23,24)17-7-5-4-6-8-17/h4-10,13-14H,3,11-12H2,1-2H3,(H,20,22)/t14-/m1/s1. The van der Waals surface area contributed by atoms with E-state index in [0.717, 1.165) is 12.0 Å². The van der Waals surface area contributed by atoms with E-state index in [1.807, 2.05) is 13.8 Å². The third-order valence-electron chi connectivity index (χ3n) is 4.52. The number of benzene rings is 2. The van der Waals surface area contributed by atoms with Gasteiger partial charge in [-0.3, -0.25) is 9.10 Å². The molecule has 0 aromatic heterocycles. The van der Waals surface area contributed by atoms with Crippen LogP contribution in [0.15, 0.2) is 53.4 Å². The zero-order valence-corrected chi connectivity index (χ0v) is 15.2. The van der Waals surface area contributed by atoms with Crippen molar-refractivity contribution in [2.45, 2.75) is 37.6 Å². The summed E-state index contributed by atoms with van der Waals surface area (Å²) in [5, 5.41) is 2.93. The Bertz CT molecular complexity index is 879. The van der Waals surface area contributed by atoms with Gasteiger partial charge in [0.15, 0.2) is 0 Å². The average molecular weight is 358 g/mol. The third-order valence-corrected chi connectivity index (χ3v) is 6.34. The van der Waals surface area contributed by atoms with Gasteiger partial charge in [-0.05, 0) is 55.7 Å². The first-order valence-electron chi connectivity index (χ1n) is 8.45. The van der Waals surface area contributed by atoms with Crippen LogP contribution in [0.1, 0.15) is 36.2 Å². The molecule has 1 aliphatic heterocycles. The molecule has 132 valence electrons. The van der Waals surface area contributed by atoms with E-state index in [2.05, 4.69) is 5.32 Å². The molecule has 0 saturated heterocycles. The zero-order chi connectivity index (χ0) is 18.0. The Balaban J connectivity index is 1.88. The van der Waals surface area contributed by atoms with Crippen molar-refractivity contribution in [2.24, 2.45) is 0 Å². The van der Waals surface area contributed by atoms with E-state index in [0.29, 0.717) is 24.2 Å². The summed E-state index contributed by atoms with van der Waals surface area (Å²) in [7, 11) is -3.58. The van der Waals surface area contributed by atoms with E-state index in [4.69, 9.17) is 0 Å². The first-order chi connectivity index (χ1) is 11.9. The number of sulfonamides is 1. The minimum Gasteiger partial charge on any atom is -0.350 e. The molecule has 0 fully saturated rings. The Hall–Kier alpha value is -2.34. The quantitative estimate of drug-likeness (QED) is 0.893. The van der Waals surface area contributed by atoms with E-state index in [1.54, 1.807) is 48.5 Å². The van der Waals surface area contributed by atoms with Gasteiger partial charge in [0.1, 0.15) is 0 Å². The average Bonchev–Trinajstić information content (AvgIpc) is 3.06. The van der Waals surface area contributed by atoms with E-state index in [9.17, 15) is 13.2 Å². The zero-order valence-electron chi connectivity index (χ0n) is 14.4. The van der Waals surface area contributed by atoms with Crippen LogP contribution in [0.5, 0.6) is 0 Å². The van der Waals surface area contributed by atoms with Gasteiger partial charge < -0.3 is 5.32 Å². The highest BCUT2D eigenvalue weighted by Crippen LogP contribution is 2.33. The molecule has 3 rings (SSSR count). The predicted molar refractivity (Wildman–Crippen MR) is 98.3 cm³/mol. The van der Waals surface area contributed by atoms with Crippen LogP contribution >= 0.6 is 0 Å². The Morgan fingerprint density at radius 1 is 1.20 bits per heavy atom. The van der Waals surface area contributed by atoms with Crippen LogP contribution in [0.4, 0.5) is 5.69 Å². The van der Waals surface area contributed by atoms with Crippen LogP contribution in [-0.4, -0.2) is 26.9 Å². The molecule has 0 radical (unpaired) electrons. The maximum Gasteiger partial charge on any atom is 0.264 e. The maximum atomic E-state index is 12.8. The van der Waals surface area contributed by atoms with Crippen molar-refractivity contribution in [3.05, 3.63) is 59.7 Å². The van der Waals surface area contributed by atoms with Crippen LogP contribution in [0.3, 0.4) is 0 Å². The van der Waals surface area contributed by atoms with Crippen LogP contribution in [0.2, 0.25) is 0 Å². The number of nitrogens with one attached hydrogen (secondary N) is 1. The van der Waals surface area contributed by atoms with E-state index in [1.165, 1.54) is 4.31 Å². The summed E-state index contributed by atoms with van der Waals surface area (Å²) in [5.41, 5.74) is 2.11. The lowest BCUT2D eigenvalue weighted by molar-refractivity contribution is 0.0939. The largest absolute Gasteiger partial charge is 0.350 e. The monoisotopic (exact) mass is 358 g/mol. The number of carbonyl (C=O) groups is 1. The van der Waals surface area contributed by atoms with Gasteiger partial charge in [0.2, 0.25) is 0 Å². The fraction of sp³-hybridized carbons (Fsp3) is 0.316. The number of hydrogen-bond donors (Lipinski definition) is 1. The molecule has 0 spiro atoms. The fourth-order valence-corrected chi connectivity index (χ4v) is 4.42. The molecule has 1 amide bonds. The van der Waals surface area contributed by atoms with Crippen LogP contribution in [-0.2, 0) is 16.4 Å². The van der Waals surface area contributed by atoms with Gasteiger partial charge in [-0.25, -0.2) is 8.42 Å². The van der Waals surface area contributed by atoms with Gasteiger partial charge in [-0.15, -0.1) is 0 Å². The molecular weight excluding hydrogens is 336 g/mol. The molecule has 1 aliphatic rings. The van der Waals surface area contributed by atoms with Gasteiger partial charge in [0.25, 0.3) is 15.9 Å². The number of amides is 1. The summed E-state index contributed by atoms with van der Waals surface area (Å²) in [6, 6.07) is 13.7. The molecule has 0 saturated carbocycles. The second kappa shape index (κ2) is 6.88. The number of rotatable bonds is 5. The number of hydrogen-bond acceptors (Lipinski definition) is 3. The Morgan fingerprint density at radius 2 is 1.92 bits per heavy atom. The number of carbonyl (C=O) groups excluding carboxylic acids is 1. The lowest BCUT2D eigenvalue weighted by atomic mass is 10.1. The van der Waals surface area contributed by atoms with Crippen molar-refractivity contribution in [1.82, 2.24) is 5.32 Å². The molecule has 2 aromatic carbocycles. The number of anilines is 1. The third kappa shape index (κ3) is 3.39.